The van der Waals surface area contributed by atoms with Gasteiger partial charge in [0.25, 0.3) is 0 Å². The Hall–Kier alpha value is -2.84. The Morgan fingerprint density at radius 3 is 1.27 bits per heavy atom. The summed E-state index contributed by atoms with van der Waals surface area (Å²) in [5.41, 5.74) is 2.30. The number of hydrogen-bond donors (Lipinski definition) is 0. The highest BCUT2D eigenvalue weighted by atomic mass is 16.5. The van der Waals surface area contributed by atoms with E-state index < -0.39 is 0 Å². The molecule has 0 amide bonds. The topological polar surface area (TPSA) is 18.5 Å². The Kier molecular flexibility index (Phi) is 7.66. The van der Waals surface area contributed by atoms with Crippen molar-refractivity contribution < 1.29 is 9.47 Å². The lowest BCUT2D eigenvalue weighted by atomic mass is 9.82. The van der Waals surface area contributed by atoms with E-state index in [1.807, 2.05) is 24.3 Å². The second kappa shape index (κ2) is 10.2. The molecule has 0 spiro atoms. The van der Waals surface area contributed by atoms with Crippen LogP contribution in [0.1, 0.15) is 49.7 Å². The molecule has 2 rings (SSSR count). The molecule has 2 atom stereocenters. The standard InChI is InChI=1S/C24H26O2/c1-5-7-9-23(19-11-15-21(25-3)16-12-19)24(10-8-6-2)20-13-17-22(26-4)18-14-20/h11-18,23-24H,5-6H2,1-4H3/t23-,24+. The SMILES string of the molecule is CCC#C[C@H](c1ccc(OC)cc1)[C@@H](C#CCC)c1ccc(OC)cc1. The number of ether oxygens (including phenoxy) is 2. The molecule has 0 fully saturated rings. The highest BCUT2D eigenvalue weighted by Crippen LogP contribution is 2.34. The molecule has 0 aliphatic heterocycles. The number of methoxy groups -OCH3 is 2. The predicted molar refractivity (Wildman–Crippen MR) is 108 cm³/mol. The fourth-order valence-electron chi connectivity index (χ4n) is 2.76. The van der Waals surface area contributed by atoms with Crippen LogP contribution in [0.5, 0.6) is 11.5 Å². The maximum absolute atomic E-state index is 5.29. The molecule has 0 bridgehead atoms. The van der Waals surface area contributed by atoms with E-state index in [1.54, 1.807) is 14.2 Å². The zero-order valence-corrected chi connectivity index (χ0v) is 16.0. The molecule has 2 aromatic carbocycles. The van der Waals surface area contributed by atoms with Gasteiger partial charge in [-0.15, -0.1) is 11.8 Å². The fraction of sp³-hybridized carbons (Fsp3) is 0.333. The van der Waals surface area contributed by atoms with Crippen molar-refractivity contribution in [3.8, 4) is 35.2 Å². The largest absolute Gasteiger partial charge is 0.497 e. The summed E-state index contributed by atoms with van der Waals surface area (Å²) in [4.78, 5) is 0. The zero-order chi connectivity index (χ0) is 18.8. The van der Waals surface area contributed by atoms with Gasteiger partial charge in [0.2, 0.25) is 0 Å². The molecule has 2 nitrogen and oxygen atoms in total. The van der Waals surface area contributed by atoms with Crippen molar-refractivity contribution >= 4 is 0 Å². The van der Waals surface area contributed by atoms with Gasteiger partial charge in [-0.1, -0.05) is 50.0 Å². The van der Waals surface area contributed by atoms with E-state index in [0.717, 1.165) is 35.5 Å². The second-order valence-corrected chi connectivity index (χ2v) is 5.85. The second-order valence-electron chi connectivity index (χ2n) is 5.85. The van der Waals surface area contributed by atoms with Gasteiger partial charge in [0.05, 0.1) is 26.1 Å². The lowest BCUT2D eigenvalue weighted by Gasteiger charge is -2.20. The highest BCUT2D eigenvalue weighted by molar-refractivity contribution is 5.43. The molecule has 2 heteroatoms. The summed E-state index contributed by atoms with van der Waals surface area (Å²) < 4.78 is 10.6. The molecule has 134 valence electrons. The summed E-state index contributed by atoms with van der Waals surface area (Å²) in [5, 5.41) is 0. The summed E-state index contributed by atoms with van der Waals surface area (Å²) in [6.45, 7) is 4.14. The fourth-order valence-corrected chi connectivity index (χ4v) is 2.76. The van der Waals surface area contributed by atoms with E-state index in [9.17, 15) is 0 Å². The molecular weight excluding hydrogens is 320 g/mol. The molecule has 0 aromatic heterocycles. The third-order valence-electron chi connectivity index (χ3n) is 4.15. The van der Waals surface area contributed by atoms with Crippen molar-refractivity contribution in [2.24, 2.45) is 0 Å². The van der Waals surface area contributed by atoms with Crippen LogP contribution in [0, 0.1) is 23.7 Å². The molecule has 26 heavy (non-hydrogen) atoms. The van der Waals surface area contributed by atoms with Gasteiger partial charge in [0.1, 0.15) is 11.5 Å². The van der Waals surface area contributed by atoms with Crippen molar-refractivity contribution in [3.05, 3.63) is 59.7 Å². The number of benzene rings is 2. The first-order valence-electron chi connectivity index (χ1n) is 8.98. The van der Waals surface area contributed by atoms with Gasteiger partial charge in [0, 0.05) is 12.8 Å². The van der Waals surface area contributed by atoms with Crippen LogP contribution in [0.25, 0.3) is 0 Å². The Morgan fingerprint density at radius 1 is 0.654 bits per heavy atom. The molecule has 0 heterocycles. The smallest absolute Gasteiger partial charge is 0.118 e. The summed E-state index contributed by atoms with van der Waals surface area (Å²) in [6, 6.07) is 16.2. The highest BCUT2D eigenvalue weighted by Gasteiger charge is 2.22. The summed E-state index contributed by atoms with van der Waals surface area (Å²) in [5.74, 6) is 15.1. The lowest BCUT2D eigenvalue weighted by molar-refractivity contribution is 0.414. The van der Waals surface area contributed by atoms with Crippen LogP contribution in [-0.2, 0) is 0 Å². The minimum Gasteiger partial charge on any atom is -0.497 e. The monoisotopic (exact) mass is 346 g/mol. The molecule has 2 aromatic rings. The van der Waals surface area contributed by atoms with Crippen molar-refractivity contribution in [3.63, 3.8) is 0 Å². The maximum Gasteiger partial charge on any atom is 0.118 e. The van der Waals surface area contributed by atoms with Gasteiger partial charge in [-0.05, 0) is 35.4 Å². The minimum absolute atomic E-state index is 0.00769. The maximum atomic E-state index is 5.29. The normalized spacial score (nSPS) is 12.0. The summed E-state index contributed by atoms with van der Waals surface area (Å²) in [7, 11) is 3.35. The van der Waals surface area contributed by atoms with Crippen LogP contribution in [0.15, 0.2) is 48.5 Å². The predicted octanol–water partition coefficient (Wildman–Crippen LogP) is 5.40. The molecule has 0 aliphatic rings. The van der Waals surface area contributed by atoms with Crippen LogP contribution in [0.4, 0.5) is 0 Å². The van der Waals surface area contributed by atoms with Crippen LogP contribution < -0.4 is 9.47 Å². The van der Waals surface area contributed by atoms with E-state index >= 15 is 0 Å². The van der Waals surface area contributed by atoms with Crippen molar-refractivity contribution in [2.75, 3.05) is 14.2 Å². The van der Waals surface area contributed by atoms with Gasteiger partial charge < -0.3 is 9.47 Å². The van der Waals surface area contributed by atoms with Crippen molar-refractivity contribution in [1.29, 1.82) is 0 Å². The Morgan fingerprint density at radius 2 is 1.00 bits per heavy atom. The van der Waals surface area contributed by atoms with E-state index in [4.69, 9.17) is 9.47 Å². The average molecular weight is 346 g/mol. The number of hydrogen-bond acceptors (Lipinski definition) is 2. The summed E-state index contributed by atoms with van der Waals surface area (Å²) in [6.07, 6.45) is 1.65. The molecule has 0 unspecified atom stereocenters. The molecule has 0 radical (unpaired) electrons. The Balaban J connectivity index is 2.49. The van der Waals surface area contributed by atoms with Gasteiger partial charge in [-0.25, -0.2) is 0 Å². The Labute approximate surface area is 157 Å². The molecular formula is C24H26O2. The van der Waals surface area contributed by atoms with E-state index in [1.165, 1.54) is 0 Å². The first-order valence-corrected chi connectivity index (χ1v) is 8.98. The van der Waals surface area contributed by atoms with Crippen LogP contribution in [0.3, 0.4) is 0 Å². The summed E-state index contributed by atoms with van der Waals surface area (Å²) >= 11 is 0. The van der Waals surface area contributed by atoms with Crippen molar-refractivity contribution in [2.45, 2.75) is 38.5 Å². The number of rotatable bonds is 5. The van der Waals surface area contributed by atoms with Gasteiger partial charge in [-0.3, -0.25) is 0 Å². The lowest BCUT2D eigenvalue weighted by Crippen LogP contribution is -2.09. The third-order valence-corrected chi connectivity index (χ3v) is 4.15. The van der Waals surface area contributed by atoms with E-state index in [2.05, 4.69) is 61.8 Å². The molecule has 0 N–H and O–H groups in total. The van der Waals surface area contributed by atoms with Crippen LogP contribution in [0.2, 0.25) is 0 Å². The zero-order valence-electron chi connectivity index (χ0n) is 16.0. The van der Waals surface area contributed by atoms with Crippen LogP contribution in [-0.4, -0.2) is 14.2 Å². The van der Waals surface area contributed by atoms with E-state index in [0.29, 0.717) is 0 Å². The Bertz CT molecular complexity index is 724. The van der Waals surface area contributed by atoms with Gasteiger partial charge >= 0.3 is 0 Å². The van der Waals surface area contributed by atoms with Crippen LogP contribution >= 0.6 is 0 Å². The molecule has 0 saturated carbocycles. The first kappa shape index (κ1) is 19.5. The first-order chi connectivity index (χ1) is 12.7. The van der Waals surface area contributed by atoms with E-state index in [-0.39, 0.29) is 11.8 Å². The molecule has 0 saturated heterocycles. The quantitative estimate of drug-likeness (QED) is 0.675. The minimum atomic E-state index is 0.00769. The third kappa shape index (κ3) is 5.08. The van der Waals surface area contributed by atoms with Gasteiger partial charge in [0.15, 0.2) is 0 Å². The van der Waals surface area contributed by atoms with Gasteiger partial charge in [-0.2, -0.15) is 0 Å². The molecule has 0 aliphatic carbocycles. The average Bonchev–Trinajstić information content (AvgIpc) is 2.71. The van der Waals surface area contributed by atoms with Crippen molar-refractivity contribution in [1.82, 2.24) is 0 Å².